The molecule has 1 amide bonds. The van der Waals surface area contributed by atoms with Crippen molar-refractivity contribution in [3.8, 4) is 0 Å². The molecule has 20 heavy (non-hydrogen) atoms. The zero-order valence-corrected chi connectivity index (χ0v) is 13.8. The molecular formula is C12H17ClN2O3S2. The fraction of sp³-hybridized carbons (Fsp3) is 0.583. The van der Waals surface area contributed by atoms with Gasteiger partial charge in [0.25, 0.3) is 10.0 Å². The van der Waals surface area contributed by atoms with Crippen molar-refractivity contribution in [3.63, 3.8) is 0 Å². The Bertz CT molecular complexity index is 590. The molecule has 0 saturated carbocycles. The maximum absolute atomic E-state index is 12.4. The average molecular weight is 337 g/mol. The van der Waals surface area contributed by atoms with Crippen LogP contribution in [0, 0.1) is 5.92 Å². The summed E-state index contributed by atoms with van der Waals surface area (Å²) in [5.74, 6) is 0.00970. The van der Waals surface area contributed by atoms with E-state index in [0.29, 0.717) is 30.5 Å². The van der Waals surface area contributed by atoms with Gasteiger partial charge in [0.1, 0.15) is 4.21 Å². The van der Waals surface area contributed by atoms with Crippen molar-refractivity contribution in [2.75, 3.05) is 26.2 Å². The van der Waals surface area contributed by atoms with Crippen LogP contribution in [0.15, 0.2) is 16.3 Å². The summed E-state index contributed by atoms with van der Waals surface area (Å²) >= 11 is 6.84. The van der Waals surface area contributed by atoms with E-state index >= 15 is 0 Å². The fourth-order valence-corrected chi connectivity index (χ4v) is 5.14. The first-order valence-corrected chi connectivity index (χ1v) is 9.00. The molecule has 1 aliphatic heterocycles. The van der Waals surface area contributed by atoms with Gasteiger partial charge in [0.2, 0.25) is 5.91 Å². The van der Waals surface area contributed by atoms with E-state index < -0.39 is 10.0 Å². The quantitative estimate of drug-likeness (QED) is 0.847. The molecule has 1 aliphatic rings. The second-order valence-electron chi connectivity index (χ2n) is 4.94. The average Bonchev–Trinajstić information content (AvgIpc) is 2.85. The molecule has 0 aromatic carbocycles. The van der Waals surface area contributed by atoms with Gasteiger partial charge in [0.15, 0.2) is 0 Å². The zero-order chi connectivity index (χ0) is 14.9. The Hall–Kier alpha value is -0.630. The Morgan fingerprint density at radius 2 is 1.85 bits per heavy atom. The van der Waals surface area contributed by atoms with Crippen molar-refractivity contribution in [3.05, 3.63) is 16.5 Å². The lowest BCUT2D eigenvalue weighted by molar-refractivity contribution is -0.135. The summed E-state index contributed by atoms with van der Waals surface area (Å²) in [6.45, 7) is 5.23. The number of piperazine rings is 1. The lowest BCUT2D eigenvalue weighted by Crippen LogP contribution is -2.51. The smallest absolute Gasteiger partial charge is 0.252 e. The van der Waals surface area contributed by atoms with Crippen LogP contribution in [0.1, 0.15) is 13.8 Å². The van der Waals surface area contributed by atoms with Crippen LogP contribution in [-0.2, 0) is 14.8 Å². The van der Waals surface area contributed by atoms with Gasteiger partial charge in [-0.25, -0.2) is 8.42 Å². The van der Waals surface area contributed by atoms with Gasteiger partial charge in [-0.15, -0.1) is 11.3 Å². The standard InChI is InChI=1S/C12H17ClN2O3S2/c1-9(2)12(16)14-5-7-15(8-6-14)20(17,18)11-4-3-10(13)19-11/h3-4,9H,5-8H2,1-2H3. The molecule has 0 atom stereocenters. The van der Waals surface area contributed by atoms with Crippen LogP contribution in [-0.4, -0.2) is 49.7 Å². The molecule has 1 aromatic heterocycles. The summed E-state index contributed by atoms with van der Waals surface area (Å²) in [6.07, 6.45) is 0. The van der Waals surface area contributed by atoms with Gasteiger partial charge >= 0.3 is 0 Å². The Morgan fingerprint density at radius 1 is 1.25 bits per heavy atom. The Labute approximate surface area is 128 Å². The minimum atomic E-state index is -3.48. The third kappa shape index (κ3) is 3.16. The fourth-order valence-electron chi connectivity index (χ4n) is 2.08. The van der Waals surface area contributed by atoms with Crippen LogP contribution in [0.25, 0.3) is 0 Å². The van der Waals surface area contributed by atoms with Crippen molar-refractivity contribution >= 4 is 38.9 Å². The maximum atomic E-state index is 12.4. The molecule has 112 valence electrons. The Kier molecular flexibility index (Phi) is 4.73. The second kappa shape index (κ2) is 6.01. The Morgan fingerprint density at radius 3 is 2.30 bits per heavy atom. The third-order valence-electron chi connectivity index (χ3n) is 3.19. The van der Waals surface area contributed by atoms with Crippen molar-refractivity contribution in [1.82, 2.24) is 9.21 Å². The highest BCUT2D eigenvalue weighted by Gasteiger charge is 2.31. The highest BCUT2D eigenvalue weighted by atomic mass is 35.5. The summed E-state index contributed by atoms with van der Waals surface area (Å²) in [6, 6.07) is 3.10. The van der Waals surface area contributed by atoms with E-state index in [2.05, 4.69) is 0 Å². The molecule has 5 nitrogen and oxygen atoms in total. The molecule has 0 radical (unpaired) electrons. The number of hydrogen-bond acceptors (Lipinski definition) is 4. The van der Waals surface area contributed by atoms with Gasteiger partial charge in [-0.05, 0) is 12.1 Å². The number of sulfonamides is 1. The van der Waals surface area contributed by atoms with Gasteiger partial charge in [-0.3, -0.25) is 4.79 Å². The first kappa shape index (κ1) is 15.8. The van der Waals surface area contributed by atoms with E-state index in [9.17, 15) is 13.2 Å². The van der Waals surface area contributed by atoms with Crippen molar-refractivity contribution in [2.45, 2.75) is 18.1 Å². The van der Waals surface area contributed by atoms with Crippen LogP contribution in [0.5, 0.6) is 0 Å². The molecule has 1 saturated heterocycles. The number of thiophene rings is 1. The van der Waals surface area contributed by atoms with Crippen LogP contribution in [0.4, 0.5) is 0 Å². The highest BCUT2D eigenvalue weighted by molar-refractivity contribution is 7.91. The molecule has 0 bridgehead atoms. The summed E-state index contributed by atoms with van der Waals surface area (Å²) < 4.78 is 26.9. The second-order valence-corrected chi connectivity index (χ2v) is 8.82. The number of carbonyl (C=O) groups is 1. The lowest BCUT2D eigenvalue weighted by atomic mass is 10.2. The van der Waals surface area contributed by atoms with Crippen LogP contribution in [0.3, 0.4) is 0 Å². The zero-order valence-electron chi connectivity index (χ0n) is 11.4. The van der Waals surface area contributed by atoms with Gasteiger partial charge in [0, 0.05) is 32.1 Å². The molecule has 8 heteroatoms. The monoisotopic (exact) mass is 336 g/mol. The van der Waals surface area contributed by atoms with Crippen molar-refractivity contribution < 1.29 is 13.2 Å². The summed E-state index contributed by atoms with van der Waals surface area (Å²) in [5, 5.41) is 0. The van der Waals surface area contributed by atoms with Crippen LogP contribution in [0.2, 0.25) is 4.34 Å². The first-order chi connectivity index (χ1) is 9.32. The number of hydrogen-bond donors (Lipinski definition) is 0. The molecule has 2 heterocycles. The van der Waals surface area contributed by atoms with E-state index in [-0.39, 0.29) is 16.0 Å². The molecule has 0 unspecified atom stereocenters. The van der Waals surface area contributed by atoms with E-state index in [1.165, 1.54) is 10.4 Å². The van der Waals surface area contributed by atoms with E-state index in [0.717, 1.165) is 11.3 Å². The van der Waals surface area contributed by atoms with Gasteiger partial charge < -0.3 is 4.90 Å². The van der Waals surface area contributed by atoms with Gasteiger partial charge in [0.05, 0.1) is 4.34 Å². The summed E-state index contributed by atoms with van der Waals surface area (Å²) in [4.78, 5) is 13.6. The van der Waals surface area contributed by atoms with Crippen molar-refractivity contribution in [1.29, 1.82) is 0 Å². The number of nitrogens with zero attached hydrogens (tertiary/aromatic N) is 2. The van der Waals surface area contributed by atoms with E-state index in [4.69, 9.17) is 11.6 Å². The number of carbonyl (C=O) groups excluding carboxylic acids is 1. The van der Waals surface area contributed by atoms with Crippen LogP contribution < -0.4 is 0 Å². The molecule has 1 fully saturated rings. The predicted molar refractivity (Wildman–Crippen MR) is 79.5 cm³/mol. The molecule has 0 aliphatic carbocycles. The maximum Gasteiger partial charge on any atom is 0.252 e. The predicted octanol–water partition coefficient (Wildman–Crippen LogP) is 1.89. The highest BCUT2D eigenvalue weighted by Crippen LogP contribution is 2.28. The van der Waals surface area contributed by atoms with Crippen molar-refractivity contribution in [2.24, 2.45) is 5.92 Å². The summed E-state index contributed by atoms with van der Waals surface area (Å²) in [7, 11) is -3.48. The Balaban J connectivity index is 2.05. The lowest BCUT2D eigenvalue weighted by Gasteiger charge is -2.34. The number of rotatable bonds is 3. The van der Waals surface area contributed by atoms with Gasteiger partial charge in [-0.1, -0.05) is 25.4 Å². The number of amides is 1. The normalized spacial score (nSPS) is 17.7. The molecule has 0 N–H and O–H groups in total. The minimum Gasteiger partial charge on any atom is -0.340 e. The third-order valence-corrected chi connectivity index (χ3v) is 6.78. The topological polar surface area (TPSA) is 57.7 Å². The van der Waals surface area contributed by atoms with E-state index in [1.807, 2.05) is 13.8 Å². The number of halogens is 1. The first-order valence-electron chi connectivity index (χ1n) is 6.36. The van der Waals surface area contributed by atoms with E-state index in [1.54, 1.807) is 11.0 Å². The molecular weight excluding hydrogens is 320 g/mol. The summed E-state index contributed by atoms with van der Waals surface area (Å²) in [5.41, 5.74) is 0. The molecule has 2 rings (SSSR count). The molecule has 1 aromatic rings. The minimum absolute atomic E-state index is 0.0609. The largest absolute Gasteiger partial charge is 0.340 e. The van der Waals surface area contributed by atoms with Crippen LogP contribution >= 0.6 is 22.9 Å². The molecule has 0 spiro atoms. The SMILES string of the molecule is CC(C)C(=O)N1CCN(S(=O)(=O)c2ccc(Cl)s2)CC1. The van der Waals surface area contributed by atoms with Gasteiger partial charge in [-0.2, -0.15) is 4.31 Å².